The van der Waals surface area contributed by atoms with Crippen molar-refractivity contribution in [2.75, 3.05) is 0 Å². The van der Waals surface area contributed by atoms with Gasteiger partial charge in [0.25, 0.3) is 0 Å². The van der Waals surface area contributed by atoms with Gasteiger partial charge in [-0.2, -0.15) is 0 Å². The van der Waals surface area contributed by atoms with E-state index in [4.69, 9.17) is 0 Å². The summed E-state index contributed by atoms with van der Waals surface area (Å²) in [6.07, 6.45) is 1.84. The van der Waals surface area contributed by atoms with Crippen molar-refractivity contribution >= 4 is 5.78 Å². The summed E-state index contributed by atoms with van der Waals surface area (Å²) >= 11 is 0. The van der Waals surface area contributed by atoms with Crippen molar-refractivity contribution in [2.45, 2.75) is 27.3 Å². The lowest BCUT2D eigenvalue weighted by Gasteiger charge is -2.11. The molecule has 16 heavy (non-hydrogen) atoms. The van der Waals surface area contributed by atoms with Gasteiger partial charge in [-0.05, 0) is 12.5 Å². The topological polar surface area (TPSA) is 29.1 Å². The van der Waals surface area contributed by atoms with Crippen molar-refractivity contribution in [1.82, 2.24) is 5.32 Å². The maximum Gasteiger partial charge on any atom is 0.180 e. The Hall–Kier alpha value is -1.57. The van der Waals surface area contributed by atoms with E-state index in [0.29, 0.717) is 12.2 Å². The lowest BCUT2D eigenvalue weighted by atomic mass is 10.1. The minimum Gasteiger partial charge on any atom is -0.378 e. The molecule has 0 bridgehead atoms. The first kappa shape index (κ1) is 12.5. The molecule has 0 radical (unpaired) electrons. The smallest absolute Gasteiger partial charge is 0.180 e. The zero-order valence-electron chi connectivity index (χ0n) is 10.2. The third-order valence-electron chi connectivity index (χ3n) is 2.40. The number of hydrogen-bond donors (Lipinski definition) is 1. The lowest BCUT2D eigenvalue weighted by Crippen LogP contribution is -2.23. The largest absolute Gasteiger partial charge is 0.378 e. The van der Waals surface area contributed by atoms with E-state index in [1.165, 1.54) is 5.56 Å². The van der Waals surface area contributed by atoms with Gasteiger partial charge in [-0.1, -0.05) is 50.3 Å². The molecule has 0 unspecified atom stereocenters. The van der Waals surface area contributed by atoms with Gasteiger partial charge < -0.3 is 5.32 Å². The van der Waals surface area contributed by atoms with Crippen LogP contribution in [0.4, 0.5) is 0 Å². The van der Waals surface area contributed by atoms with Crippen LogP contribution in [-0.2, 0) is 11.3 Å². The first-order valence-electron chi connectivity index (χ1n) is 5.63. The highest BCUT2D eigenvalue weighted by Crippen LogP contribution is 2.05. The van der Waals surface area contributed by atoms with E-state index in [9.17, 15) is 4.79 Å². The molecule has 1 N–H and O–H groups in total. The van der Waals surface area contributed by atoms with Crippen LogP contribution in [0.25, 0.3) is 0 Å². The second kappa shape index (κ2) is 6.11. The molecule has 0 atom stereocenters. The number of carbonyl (C=O) groups excluding carboxylic acids is 1. The Bertz CT molecular complexity index is 366. The second-order valence-electron chi connectivity index (χ2n) is 4.06. The van der Waals surface area contributed by atoms with E-state index < -0.39 is 0 Å². The summed E-state index contributed by atoms with van der Waals surface area (Å²) in [4.78, 5) is 11.8. The number of ketones is 1. The molecule has 1 rings (SSSR count). The molecule has 0 saturated heterocycles. The Balaban J connectivity index is 2.57. The Morgan fingerprint density at radius 1 is 1.31 bits per heavy atom. The van der Waals surface area contributed by atoms with E-state index >= 15 is 0 Å². The molecule has 0 saturated carbocycles. The van der Waals surface area contributed by atoms with Gasteiger partial charge in [0.1, 0.15) is 0 Å². The third kappa shape index (κ3) is 3.54. The van der Waals surface area contributed by atoms with Crippen LogP contribution in [0.15, 0.2) is 42.1 Å². The van der Waals surface area contributed by atoms with Crippen LogP contribution in [0.3, 0.4) is 0 Å². The highest BCUT2D eigenvalue weighted by atomic mass is 16.1. The molecular formula is C14H19NO. The van der Waals surface area contributed by atoms with Gasteiger partial charge in [0, 0.05) is 12.5 Å². The third-order valence-corrected chi connectivity index (χ3v) is 2.40. The number of carbonyl (C=O) groups is 1. The second-order valence-corrected chi connectivity index (χ2v) is 4.06. The van der Waals surface area contributed by atoms with E-state index in [1.54, 1.807) is 0 Å². The van der Waals surface area contributed by atoms with Crippen molar-refractivity contribution in [2.24, 2.45) is 5.92 Å². The molecule has 0 fully saturated rings. The molecule has 0 spiro atoms. The number of allylic oxidation sites excluding steroid dienone is 2. The molecule has 0 amide bonds. The molecule has 0 aliphatic heterocycles. The van der Waals surface area contributed by atoms with Crippen LogP contribution in [0.1, 0.15) is 26.3 Å². The first-order valence-corrected chi connectivity index (χ1v) is 5.63. The predicted octanol–water partition coefficient (Wildman–Crippen LogP) is 2.91. The molecule has 0 aromatic heterocycles. The summed E-state index contributed by atoms with van der Waals surface area (Å²) in [6.45, 7) is 6.40. The van der Waals surface area contributed by atoms with Gasteiger partial charge in [0.15, 0.2) is 5.78 Å². The molecule has 1 aromatic rings. The Labute approximate surface area is 97.4 Å². The van der Waals surface area contributed by atoms with Crippen molar-refractivity contribution in [3.63, 3.8) is 0 Å². The maximum absolute atomic E-state index is 11.8. The molecule has 0 aliphatic carbocycles. The number of rotatable bonds is 5. The molecular weight excluding hydrogens is 198 g/mol. The fourth-order valence-electron chi connectivity index (χ4n) is 1.44. The maximum atomic E-state index is 11.8. The lowest BCUT2D eigenvalue weighted by molar-refractivity contribution is -0.118. The van der Waals surface area contributed by atoms with Gasteiger partial charge in [-0.15, -0.1) is 0 Å². The normalized spacial score (nSPS) is 11.6. The van der Waals surface area contributed by atoms with Crippen LogP contribution in [0.5, 0.6) is 0 Å². The average Bonchev–Trinajstić information content (AvgIpc) is 2.30. The Morgan fingerprint density at radius 3 is 2.44 bits per heavy atom. The highest BCUT2D eigenvalue weighted by molar-refractivity contribution is 5.96. The zero-order chi connectivity index (χ0) is 12.0. The van der Waals surface area contributed by atoms with Gasteiger partial charge >= 0.3 is 0 Å². The van der Waals surface area contributed by atoms with Gasteiger partial charge in [-0.25, -0.2) is 0 Å². The van der Waals surface area contributed by atoms with Crippen molar-refractivity contribution < 1.29 is 4.79 Å². The van der Waals surface area contributed by atoms with Crippen LogP contribution >= 0.6 is 0 Å². The van der Waals surface area contributed by atoms with E-state index in [2.05, 4.69) is 5.32 Å². The summed E-state index contributed by atoms with van der Waals surface area (Å²) < 4.78 is 0. The van der Waals surface area contributed by atoms with Gasteiger partial charge in [0.2, 0.25) is 0 Å². The number of nitrogens with one attached hydrogen (secondary N) is 1. The van der Waals surface area contributed by atoms with Gasteiger partial charge in [-0.3, -0.25) is 4.79 Å². The summed E-state index contributed by atoms with van der Waals surface area (Å²) in [5.41, 5.74) is 1.89. The number of hydrogen-bond acceptors (Lipinski definition) is 2. The highest BCUT2D eigenvalue weighted by Gasteiger charge is 2.11. The quantitative estimate of drug-likeness (QED) is 0.768. The van der Waals surface area contributed by atoms with Gasteiger partial charge in [0.05, 0.1) is 5.70 Å². The van der Waals surface area contributed by atoms with Crippen molar-refractivity contribution in [1.29, 1.82) is 0 Å². The van der Waals surface area contributed by atoms with Crippen molar-refractivity contribution in [3.05, 3.63) is 47.7 Å². The van der Waals surface area contributed by atoms with E-state index in [1.807, 2.05) is 57.2 Å². The fraction of sp³-hybridized carbons (Fsp3) is 0.357. The summed E-state index contributed by atoms with van der Waals surface area (Å²) in [7, 11) is 0. The summed E-state index contributed by atoms with van der Waals surface area (Å²) in [6, 6.07) is 10.1. The van der Waals surface area contributed by atoms with E-state index in [0.717, 1.165) is 0 Å². The summed E-state index contributed by atoms with van der Waals surface area (Å²) in [5, 5.41) is 3.18. The molecule has 0 aliphatic rings. The molecule has 1 aromatic carbocycles. The monoisotopic (exact) mass is 217 g/mol. The number of benzene rings is 1. The zero-order valence-corrected chi connectivity index (χ0v) is 10.2. The first-order chi connectivity index (χ1) is 7.65. The molecule has 2 heteroatoms. The Kier molecular flexibility index (Phi) is 4.77. The Morgan fingerprint density at radius 2 is 1.94 bits per heavy atom. The average molecular weight is 217 g/mol. The van der Waals surface area contributed by atoms with Crippen LogP contribution in [-0.4, -0.2) is 5.78 Å². The standard InChI is InChI=1S/C14H19NO/c1-4-13(14(16)11(2)3)15-10-12-8-6-5-7-9-12/h4-9,11,15H,10H2,1-3H3/b13-4-. The van der Waals surface area contributed by atoms with Crippen LogP contribution < -0.4 is 5.32 Å². The SMILES string of the molecule is C/C=C(\NCc1ccccc1)C(=O)C(C)C. The van der Waals surface area contributed by atoms with Crippen molar-refractivity contribution in [3.8, 4) is 0 Å². The minimum atomic E-state index is 0.0365. The molecule has 2 nitrogen and oxygen atoms in total. The van der Waals surface area contributed by atoms with Crippen LogP contribution in [0, 0.1) is 5.92 Å². The van der Waals surface area contributed by atoms with Crippen LogP contribution in [0.2, 0.25) is 0 Å². The molecule has 0 heterocycles. The predicted molar refractivity (Wildman–Crippen MR) is 66.9 cm³/mol. The molecule has 86 valence electrons. The minimum absolute atomic E-state index is 0.0365. The van der Waals surface area contributed by atoms with E-state index in [-0.39, 0.29) is 11.7 Å². The number of Topliss-reactive ketones (excluding diaryl/α,β-unsaturated/α-hetero) is 1. The summed E-state index contributed by atoms with van der Waals surface area (Å²) in [5.74, 6) is 0.202. The fourth-order valence-corrected chi connectivity index (χ4v) is 1.44.